The van der Waals surface area contributed by atoms with E-state index >= 15 is 0 Å². The molecule has 3 aromatic rings. The molecule has 3 rings (SSSR count). The normalized spacial score (nSPS) is 12.0. The molecule has 1 N–H and O–H groups in total. The summed E-state index contributed by atoms with van der Waals surface area (Å²) in [6.45, 7) is 6.50. The summed E-state index contributed by atoms with van der Waals surface area (Å²) < 4.78 is 1.65. The first-order valence-corrected chi connectivity index (χ1v) is 7.25. The monoisotopic (exact) mass is 300 g/mol. The molecular formula is C17H17ClN2O. The topological polar surface area (TPSA) is 37.8 Å². The standard InChI is InChI=1S/C17H17ClN2O/c1-17(2,3)11-4-7-13(8-5-11)20-15-10-12(18)6-9-14(15)19-16(20)21/h4-10H,1-3H3,(H,19,21). The average molecular weight is 301 g/mol. The number of hydrogen-bond donors (Lipinski definition) is 1. The van der Waals surface area contributed by atoms with Gasteiger partial charge in [-0.05, 0) is 41.3 Å². The molecule has 21 heavy (non-hydrogen) atoms. The minimum absolute atomic E-state index is 0.0903. The van der Waals surface area contributed by atoms with Crippen LogP contribution in [0.2, 0.25) is 5.02 Å². The highest BCUT2D eigenvalue weighted by atomic mass is 35.5. The highest BCUT2D eigenvalue weighted by molar-refractivity contribution is 6.31. The van der Waals surface area contributed by atoms with Crippen molar-refractivity contribution in [3.63, 3.8) is 0 Å². The van der Waals surface area contributed by atoms with Gasteiger partial charge < -0.3 is 4.98 Å². The van der Waals surface area contributed by atoms with Gasteiger partial charge in [0.05, 0.1) is 16.7 Å². The lowest BCUT2D eigenvalue weighted by molar-refractivity contribution is 0.590. The maximum Gasteiger partial charge on any atom is 0.331 e. The molecule has 0 bridgehead atoms. The summed E-state index contributed by atoms with van der Waals surface area (Å²) in [5.41, 5.74) is 3.57. The van der Waals surface area contributed by atoms with Crippen molar-refractivity contribution < 1.29 is 0 Å². The van der Waals surface area contributed by atoms with E-state index in [1.807, 2.05) is 18.2 Å². The number of aromatic amines is 1. The third-order valence-electron chi connectivity index (χ3n) is 3.64. The summed E-state index contributed by atoms with van der Waals surface area (Å²) in [6.07, 6.45) is 0. The van der Waals surface area contributed by atoms with Gasteiger partial charge >= 0.3 is 5.69 Å². The van der Waals surface area contributed by atoms with Gasteiger partial charge in [0.25, 0.3) is 0 Å². The lowest BCUT2D eigenvalue weighted by Gasteiger charge is -2.19. The fourth-order valence-corrected chi connectivity index (χ4v) is 2.61. The summed E-state index contributed by atoms with van der Waals surface area (Å²) in [5.74, 6) is 0. The van der Waals surface area contributed by atoms with Crippen LogP contribution in [0.25, 0.3) is 16.7 Å². The molecule has 108 valence electrons. The number of hydrogen-bond acceptors (Lipinski definition) is 1. The Hall–Kier alpha value is -2.00. The van der Waals surface area contributed by atoms with Crippen LogP contribution in [0.3, 0.4) is 0 Å². The zero-order chi connectivity index (χ0) is 15.2. The summed E-state index contributed by atoms with van der Waals surface area (Å²) in [5, 5.41) is 0.613. The second-order valence-corrected chi connectivity index (χ2v) is 6.66. The maximum absolute atomic E-state index is 12.2. The van der Waals surface area contributed by atoms with Gasteiger partial charge in [0.2, 0.25) is 0 Å². The molecule has 0 radical (unpaired) electrons. The molecule has 1 heterocycles. The van der Waals surface area contributed by atoms with Gasteiger partial charge in [0, 0.05) is 5.02 Å². The first-order chi connectivity index (χ1) is 9.86. The second-order valence-electron chi connectivity index (χ2n) is 6.22. The Morgan fingerprint density at radius 1 is 1.05 bits per heavy atom. The number of nitrogens with zero attached hydrogens (tertiary/aromatic N) is 1. The molecule has 0 saturated carbocycles. The fraction of sp³-hybridized carbons (Fsp3) is 0.235. The van der Waals surface area contributed by atoms with Crippen molar-refractivity contribution >= 4 is 22.6 Å². The number of rotatable bonds is 1. The van der Waals surface area contributed by atoms with Crippen molar-refractivity contribution in [3.8, 4) is 5.69 Å². The van der Waals surface area contributed by atoms with E-state index in [1.54, 1.807) is 16.7 Å². The quantitative estimate of drug-likeness (QED) is 0.716. The van der Waals surface area contributed by atoms with Gasteiger partial charge in [0.15, 0.2) is 0 Å². The van der Waals surface area contributed by atoms with Crippen molar-refractivity contribution in [3.05, 3.63) is 63.5 Å². The number of imidazole rings is 1. The first-order valence-electron chi connectivity index (χ1n) is 6.87. The molecule has 2 aromatic carbocycles. The van der Waals surface area contributed by atoms with E-state index in [-0.39, 0.29) is 11.1 Å². The molecule has 4 heteroatoms. The predicted octanol–water partition coefficient (Wildman–Crippen LogP) is 4.27. The van der Waals surface area contributed by atoms with Crippen LogP contribution in [0, 0.1) is 0 Å². The maximum atomic E-state index is 12.2. The number of nitrogens with one attached hydrogen (secondary N) is 1. The van der Waals surface area contributed by atoms with Crippen LogP contribution in [-0.4, -0.2) is 9.55 Å². The van der Waals surface area contributed by atoms with E-state index in [2.05, 4.69) is 37.9 Å². The SMILES string of the molecule is CC(C)(C)c1ccc(-n2c(=O)[nH]c3ccc(Cl)cc32)cc1. The zero-order valence-corrected chi connectivity index (χ0v) is 13.0. The Balaban J connectivity index is 2.19. The molecule has 0 fully saturated rings. The average Bonchev–Trinajstić information content (AvgIpc) is 2.73. The van der Waals surface area contributed by atoms with Crippen LogP contribution in [-0.2, 0) is 5.41 Å². The zero-order valence-electron chi connectivity index (χ0n) is 12.3. The van der Waals surface area contributed by atoms with E-state index in [0.717, 1.165) is 16.7 Å². The number of halogens is 1. The molecule has 1 aromatic heterocycles. The minimum Gasteiger partial charge on any atom is -0.305 e. The molecule has 0 unspecified atom stereocenters. The minimum atomic E-state index is -0.157. The number of fused-ring (bicyclic) bond motifs is 1. The molecule has 0 aliphatic carbocycles. The van der Waals surface area contributed by atoms with Crippen LogP contribution >= 0.6 is 11.6 Å². The molecule has 0 spiro atoms. The number of H-pyrrole nitrogens is 1. The van der Waals surface area contributed by atoms with Gasteiger partial charge in [-0.25, -0.2) is 4.79 Å². The Bertz CT molecular complexity index is 851. The molecule has 0 saturated heterocycles. The Morgan fingerprint density at radius 2 is 1.71 bits per heavy atom. The van der Waals surface area contributed by atoms with E-state index in [0.29, 0.717) is 5.02 Å². The first kappa shape index (κ1) is 14.0. The predicted molar refractivity (Wildman–Crippen MR) is 87.6 cm³/mol. The lowest BCUT2D eigenvalue weighted by atomic mass is 9.87. The molecule has 0 atom stereocenters. The molecule has 3 nitrogen and oxygen atoms in total. The Labute approximate surface area is 128 Å². The molecule has 0 aliphatic heterocycles. The summed E-state index contributed by atoms with van der Waals surface area (Å²) in [7, 11) is 0. The highest BCUT2D eigenvalue weighted by Gasteiger charge is 2.14. The summed E-state index contributed by atoms with van der Waals surface area (Å²) in [4.78, 5) is 15.0. The smallest absolute Gasteiger partial charge is 0.305 e. The van der Waals surface area contributed by atoms with E-state index < -0.39 is 0 Å². The van der Waals surface area contributed by atoms with Gasteiger partial charge in [0.1, 0.15) is 0 Å². The van der Waals surface area contributed by atoms with Gasteiger partial charge in [-0.3, -0.25) is 4.57 Å². The van der Waals surface area contributed by atoms with Crippen LogP contribution in [0.4, 0.5) is 0 Å². The fourth-order valence-electron chi connectivity index (χ4n) is 2.44. The number of aromatic nitrogens is 2. The summed E-state index contributed by atoms with van der Waals surface area (Å²) in [6, 6.07) is 13.4. The third-order valence-corrected chi connectivity index (χ3v) is 3.87. The lowest BCUT2D eigenvalue weighted by Crippen LogP contribution is -2.15. The highest BCUT2D eigenvalue weighted by Crippen LogP contribution is 2.24. The largest absolute Gasteiger partial charge is 0.331 e. The van der Waals surface area contributed by atoms with Crippen molar-refractivity contribution in [1.82, 2.24) is 9.55 Å². The van der Waals surface area contributed by atoms with Crippen molar-refractivity contribution in [2.75, 3.05) is 0 Å². The van der Waals surface area contributed by atoms with Crippen molar-refractivity contribution in [1.29, 1.82) is 0 Å². The van der Waals surface area contributed by atoms with Gasteiger partial charge in [-0.2, -0.15) is 0 Å². The number of benzene rings is 2. The van der Waals surface area contributed by atoms with E-state index in [9.17, 15) is 4.79 Å². The summed E-state index contributed by atoms with van der Waals surface area (Å²) >= 11 is 6.04. The van der Waals surface area contributed by atoms with Crippen molar-refractivity contribution in [2.45, 2.75) is 26.2 Å². The van der Waals surface area contributed by atoms with Crippen LogP contribution in [0.1, 0.15) is 26.3 Å². The van der Waals surface area contributed by atoms with Gasteiger partial charge in [-0.1, -0.05) is 44.5 Å². The second kappa shape index (κ2) is 4.78. The molecule has 0 aliphatic rings. The van der Waals surface area contributed by atoms with E-state index in [1.165, 1.54) is 5.56 Å². The van der Waals surface area contributed by atoms with Crippen LogP contribution in [0.5, 0.6) is 0 Å². The molecular weight excluding hydrogens is 284 g/mol. The van der Waals surface area contributed by atoms with Gasteiger partial charge in [-0.15, -0.1) is 0 Å². The Kier molecular flexibility index (Phi) is 3.18. The van der Waals surface area contributed by atoms with Crippen LogP contribution < -0.4 is 5.69 Å². The van der Waals surface area contributed by atoms with E-state index in [4.69, 9.17) is 11.6 Å². The van der Waals surface area contributed by atoms with Crippen LogP contribution in [0.15, 0.2) is 47.3 Å². The third kappa shape index (κ3) is 2.49. The molecule has 0 amide bonds. The van der Waals surface area contributed by atoms with Crippen molar-refractivity contribution in [2.24, 2.45) is 0 Å². The Morgan fingerprint density at radius 3 is 2.33 bits per heavy atom.